The number of hydrogen-bond donors (Lipinski definition) is 2. The highest BCUT2D eigenvalue weighted by atomic mass is 16.4. The Bertz CT molecular complexity index is 64.0. The van der Waals surface area contributed by atoms with Crippen molar-refractivity contribution in [2.45, 2.75) is 13.0 Å². The zero-order valence-electron chi connectivity index (χ0n) is 3.51. The quantitative estimate of drug-likeness (QED) is 0.464. The van der Waals surface area contributed by atoms with Crippen LogP contribution in [-0.2, 0) is 4.79 Å². The average Bonchev–Trinajstić information content (AvgIpc) is 1.36. The molecule has 0 aliphatic carbocycles. The van der Waals surface area contributed by atoms with E-state index >= 15 is 0 Å². The van der Waals surface area contributed by atoms with Gasteiger partial charge in [0.2, 0.25) is 0 Å². The molecule has 0 aromatic rings. The van der Waals surface area contributed by atoms with E-state index in [0.29, 0.717) is 0 Å². The predicted octanol–water partition coefficient (Wildman–Crippen LogP) is -0.336. The number of aliphatic carboxylic acids is 1. The first-order chi connectivity index (χ1) is 2.64. The summed E-state index contributed by atoms with van der Waals surface area (Å²) < 4.78 is 0. The first kappa shape index (κ1) is 5.43. The molecule has 3 nitrogen and oxygen atoms in total. The largest absolute Gasteiger partial charge is 0.480 e. The summed E-state index contributed by atoms with van der Waals surface area (Å²) in [5, 5.41) is 7.87. The van der Waals surface area contributed by atoms with Gasteiger partial charge in [-0.1, -0.05) is 0 Å². The number of carbonyl (C=O) groups is 1. The predicted molar refractivity (Wildman–Crippen MR) is 23.4 cm³/mol. The van der Waals surface area contributed by atoms with E-state index in [0.717, 1.165) is 0 Å². The molecule has 0 amide bonds. The molecule has 0 aliphatic rings. The van der Waals surface area contributed by atoms with Crippen molar-refractivity contribution < 1.29 is 11.3 Å². The van der Waals surface area contributed by atoms with Gasteiger partial charge in [-0.05, 0) is 6.92 Å². The molecule has 0 saturated carbocycles. The highest BCUT2D eigenvalue weighted by molar-refractivity contribution is 5.72. The van der Waals surface area contributed by atoms with E-state index in [4.69, 9.17) is 10.8 Å². The maximum atomic E-state index is 9.57. The normalized spacial score (nSPS) is 13.7. The smallest absolute Gasteiger partial charge is 0.320 e. The van der Waals surface area contributed by atoms with Crippen LogP contribution in [-0.4, -0.2) is 17.1 Å². The van der Waals surface area contributed by atoms with E-state index in [9.17, 15) is 4.79 Å². The zero-order chi connectivity index (χ0) is 5.15. The molecule has 0 unspecified atom stereocenters. The maximum Gasteiger partial charge on any atom is 0.320 e. The molecular weight excluding hydrogens is 82.0 g/mol. The second-order valence-electron chi connectivity index (χ2n) is 1.13. The van der Waals surface area contributed by atoms with Gasteiger partial charge < -0.3 is 10.8 Å². The molecule has 0 rings (SSSR count). The van der Waals surface area contributed by atoms with Crippen LogP contribution in [0.4, 0.5) is 0 Å². The van der Waals surface area contributed by atoms with E-state index in [1.807, 2.05) is 0 Å². The maximum absolute atomic E-state index is 9.57. The summed E-state index contributed by atoms with van der Waals surface area (Å²) in [5.41, 5.74) is 4.84. The van der Waals surface area contributed by atoms with Gasteiger partial charge in [-0.3, -0.25) is 4.79 Å². The number of carboxylic acid groups (broad SMARTS) is 1. The minimum absolute atomic E-state index is 0. The lowest BCUT2D eigenvalue weighted by molar-refractivity contribution is -0.138. The van der Waals surface area contributed by atoms with Crippen molar-refractivity contribution in [3.63, 3.8) is 0 Å². The summed E-state index contributed by atoms with van der Waals surface area (Å²) in [7, 11) is 0. The van der Waals surface area contributed by atoms with Gasteiger partial charge in [0.25, 0.3) is 0 Å². The molecule has 0 spiro atoms. The van der Waals surface area contributed by atoms with Gasteiger partial charge in [-0.15, -0.1) is 0 Å². The van der Waals surface area contributed by atoms with Crippen molar-refractivity contribution in [2.24, 2.45) is 5.73 Å². The summed E-state index contributed by atoms with van der Waals surface area (Å²) in [6.07, 6.45) is 0. The van der Waals surface area contributed by atoms with Crippen LogP contribution in [0.15, 0.2) is 0 Å². The molecule has 0 aliphatic heterocycles. The Morgan fingerprint density at radius 1 is 2.17 bits per heavy atom. The molecule has 0 bridgehead atoms. The number of rotatable bonds is 1. The van der Waals surface area contributed by atoms with Crippen molar-refractivity contribution in [3.8, 4) is 0 Å². The van der Waals surface area contributed by atoms with Gasteiger partial charge in [-0.2, -0.15) is 0 Å². The lowest BCUT2D eigenvalue weighted by Gasteiger charge is -1.90. The third-order valence-corrected chi connectivity index (χ3v) is 0.390. The molecule has 38 valence electrons. The van der Waals surface area contributed by atoms with Crippen LogP contribution in [0.1, 0.15) is 8.35 Å². The third-order valence-electron chi connectivity index (χ3n) is 0.390. The molecule has 0 heterocycles. The Balaban J connectivity index is 0. The Labute approximate surface area is 37.2 Å². The number of hydrogen-bond acceptors (Lipinski definition) is 2. The first-order valence-corrected chi connectivity index (χ1v) is 1.63. The second kappa shape index (κ2) is 1.77. The van der Waals surface area contributed by atoms with Crippen molar-refractivity contribution in [2.75, 3.05) is 0 Å². The lowest BCUT2D eigenvalue weighted by atomic mass is 10.4. The lowest BCUT2D eigenvalue weighted by Crippen LogP contribution is -2.25. The Kier molecular flexibility index (Phi) is 1.60. The van der Waals surface area contributed by atoms with Crippen LogP contribution in [0.25, 0.3) is 0 Å². The fourth-order valence-corrected chi connectivity index (χ4v) is 0. The summed E-state index contributed by atoms with van der Waals surface area (Å²) in [4.78, 5) is 9.57. The molecule has 3 heteroatoms. The molecule has 0 aromatic carbocycles. The zero-order valence-corrected chi connectivity index (χ0v) is 3.51. The fourth-order valence-electron chi connectivity index (χ4n) is 0. The van der Waals surface area contributed by atoms with Crippen molar-refractivity contribution in [1.29, 1.82) is 0 Å². The highest BCUT2D eigenvalue weighted by Gasteiger charge is 1.99. The minimum atomic E-state index is -0.963. The topological polar surface area (TPSA) is 63.3 Å². The van der Waals surface area contributed by atoms with Gasteiger partial charge in [-0.25, -0.2) is 0 Å². The minimum Gasteiger partial charge on any atom is -0.480 e. The monoisotopic (exact) mass is 91.1 g/mol. The molecule has 0 saturated heterocycles. The Hall–Kier alpha value is -0.570. The molecule has 3 N–H and O–H groups in total. The van der Waals surface area contributed by atoms with Crippen molar-refractivity contribution >= 4 is 5.97 Å². The number of nitrogens with two attached hydrogens (primary N) is 1. The molecule has 0 aromatic heterocycles. The van der Waals surface area contributed by atoms with E-state index in [2.05, 4.69) is 0 Å². The first-order valence-electron chi connectivity index (χ1n) is 1.63. The SMILES string of the molecule is C[C@H](N)C(=O)O.[HH]. The molecule has 0 radical (unpaired) electrons. The summed E-state index contributed by atoms with van der Waals surface area (Å²) in [5.74, 6) is -0.963. The summed E-state index contributed by atoms with van der Waals surface area (Å²) in [6, 6.07) is -0.731. The Morgan fingerprint density at radius 3 is 2.33 bits per heavy atom. The number of carboxylic acids is 1. The average molecular weight is 91.1 g/mol. The van der Waals surface area contributed by atoms with E-state index in [1.54, 1.807) is 0 Å². The van der Waals surface area contributed by atoms with E-state index in [1.165, 1.54) is 6.92 Å². The van der Waals surface area contributed by atoms with Crippen LogP contribution in [0.2, 0.25) is 0 Å². The molecule has 0 fully saturated rings. The van der Waals surface area contributed by atoms with Gasteiger partial charge >= 0.3 is 5.97 Å². The Morgan fingerprint density at radius 2 is 2.33 bits per heavy atom. The van der Waals surface area contributed by atoms with Crippen LogP contribution in [0, 0.1) is 0 Å². The van der Waals surface area contributed by atoms with Crippen LogP contribution < -0.4 is 5.73 Å². The second-order valence-corrected chi connectivity index (χ2v) is 1.13. The van der Waals surface area contributed by atoms with E-state index < -0.39 is 12.0 Å². The van der Waals surface area contributed by atoms with Crippen LogP contribution in [0.3, 0.4) is 0 Å². The molecule has 6 heavy (non-hydrogen) atoms. The standard InChI is InChI=1S/C3H7NO2.H2/c1-2(4)3(5)6;/h2H,4H2,1H3,(H,5,6);1H/t2-;/m0./s1. The highest BCUT2D eigenvalue weighted by Crippen LogP contribution is 1.68. The third kappa shape index (κ3) is 1.72. The van der Waals surface area contributed by atoms with Gasteiger partial charge in [0, 0.05) is 1.43 Å². The fraction of sp³-hybridized carbons (Fsp3) is 0.667. The van der Waals surface area contributed by atoms with Gasteiger partial charge in [0.1, 0.15) is 6.04 Å². The van der Waals surface area contributed by atoms with E-state index in [-0.39, 0.29) is 1.43 Å². The van der Waals surface area contributed by atoms with Gasteiger partial charge in [0.15, 0.2) is 0 Å². The van der Waals surface area contributed by atoms with Gasteiger partial charge in [0.05, 0.1) is 0 Å². The van der Waals surface area contributed by atoms with Crippen molar-refractivity contribution in [3.05, 3.63) is 0 Å². The molecule has 1 atom stereocenters. The summed E-state index contributed by atoms with van der Waals surface area (Å²) in [6.45, 7) is 1.42. The van der Waals surface area contributed by atoms with Crippen LogP contribution in [0.5, 0.6) is 0 Å². The van der Waals surface area contributed by atoms with Crippen LogP contribution >= 0.6 is 0 Å². The summed E-state index contributed by atoms with van der Waals surface area (Å²) >= 11 is 0. The van der Waals surface area contributed by atoms with Crippen molar-refractivity contribution in [1.82, 2.24) is 0 Å². The molecular formula is C3H9NO2.